The maximum atomic E-state index is 13.9. The maximum Gasteiger partial charge on any atom is 0.408 e. The predicted octanol–water partition coefficient (Wildman–Crippen LogP) is 4.01. The van der Waals surface area contributed by atoms with Crippen LogP contribution in [0.5, 0.6) is 0 Å². The van der Waals surface area contributed by atoms with E-state index >= 15 is 0 Å². The number of rotatable bonds is 14. The van der Waals surface area contributed by atoms with Gasteiger partial charge in [-0.3, -0.25) is 9.59 Å². The van der Waals surface area contributed by atoms with Crippen molar-refractivity contribution in [3.8, 4) is 0 Å². The van der Waals surface area contributed by atoms with E-state index in [9.17, 15) is 24.1 Å². The molecule has 0 saturated heterocycles. The molecule has 11 nitrogen and oxygen atoms in total. The molecular weight excluding hydrogens is 581 g/mol. The molecule has 1 fully saturated rings. The van der Waals surface area contributed by atoms with E-state index in [1.54, 1.807) is 40.3 Å². The van der Waals surface area contributed by atoms with E-state index in [-0.39, 0.29) is 19.0 Å². The van der Waals surface area contributed by atoms with E-state index in [1.165, 1.54) is 12.7 Å². The first-order chi connectivity index (χ1) is 20.7. The van der Waals surface area contributed by atoms with Crippen molar-refractivity contribution in [3.63, 3.8) is 0 Å². The standard InChI is InChI=1S/C32H50N5O6P/c1-32(2,3)43-31(41)37-26(17-23-14-10-7-11-15-23)29(39)36-27(18-24-19-33-21-34-24)30(40)35-25(28(38)20-44(4,5)42)16-22-12-8-6-9-13-22/h7,10-11,14-15,19,21-22,25-28,38H,6,8-9,12-13,16-18,20H2,1-5H3,(H,33,34)(H,35,40)(H,36,39)(H,37,41)/t25-,26-,27-,28+/m0/s1. The number of alkyl carbamates (subject to hydrolysis) is 1. The smallest absolute Gasteiger partial charge is 0.408 e. The van der Waals surface area contributed by atoms with Crippen molar-refractivity contribution in [2.45, 2.75) is 102 Å². The molecule has 3 amide bonds. The minimum Gasteiger partial charge on any atom is -0.444 e. The molecule has 1 heterocycles. The zero-order chi connectivity index (χ0) is 32.3. The predicted molar refractivity (Wildman–Crippen MR) is 171 cm³/mol. The van der Waals surface area contributed by atoms with Crippen molar-refractivity contribution in [1.82, 2.24) is 25.9 Å². The molecule has 4 atom stereocenters. The van der Waals surface area contributed by atoms with Crippen LogP contribution in [0.4, 0.5) is 4.79 Å². The molecule has 0 bridgehead atoms. The summed E-state index contributed by atoms with van der Waals surface area (Å²) in [7, 11) is -2.58. The second kappa shape index (κ2) is 16.2. The number of carbonyl (C=O) groups is 3. The van der Waals surface area contributed by atoms with Crippen LogP contribution < -0.4 is 16.0 Å². The van der Waals surface area contributed by atoms with Gasteiger partial charge in [0.1, 0.15) is 17.7 Å². The van der Waals surface area contributed by atoms with Crippen LogP contribution in [-0.4, -0.2) is 82.3 Å². The monoisotopic (exact) mass is 631 g/mol. The summed E-state index contributed by atoms with van der Waals surface area (Å²) in [5, 5.41) is 19.6. The average molecular weight is 632 g/mol. The van der Waals surface area contributed by atoms with Gasteiger partial charge in [-0.2, -0.15) is 0 Å². The number of aliphatic hydroxyl groups is 1. The van der Waals surface area contributed by atoms with Crippen LogP contribution in [-0.2, 0) is 31.7 Å². The highest BCUT2D eigenvalue weighted by atomic mass is 31.2. The fourth-order valence-corrected chi connectivity index (χ4v) is 6.72. The van der Waals surface area contributed by atoms with E-state index in [0.717, 1.165) is 31.2 Å². The molecule has 1 aromatic heterocycles. The molecule has 0 radical (unpaired) electrons. The van der Waals surface area contributed by atoms with Gasteiger partial charge < -0.3 is 35.3 Å². The quantitative estimate of drug-likeness (QED) is 0.197. The van der Waals surface area contributed by atoms with Gasteiger partial charge in [-0.15, -0.1) is 0 Å². The molecular formula is C32H50N5O6P. The van der Waals surface area contributed by atoms with Gasteiger partial charge in [0, 0.05) is 30.9 Å². The SMILES string of the molecule is CC(C)(C)OC(=O)N[C@@H](Cc1ccccc1)C(=O)N[C@@H](Cc1cnc[nH]1)C(=O)N[C@@H](CC1CCCCC1)[C@H](O)CP(C)(C)=O. The van der Waals surface area contributed by atoms with Crippen LogP contribution in [0.3, 0.4) is 0 Å². The zero-order valence-corrected chi connectivity index (χ0v) is 27.6. The lowest BCUT2D eigenvalue weighted by Crippen LogP contribution is -2.58. The Kier molecular flexibility index (Phi) is 13.0. The molecule has 0 unspecified atom stereocenters. The van der Waals surface area contributed by atoms with Gasteiger partial charge in [0.15, 0.2) is 0 Å². The number of hydrogen-bond acceptors (Lipinski definition) is 7. The fourth-order valence-electron chi connectivity index (χ4n) is 5.56. The summed E-state index contributed by atoms with van der Waals surface area (Å²) in [4.78, 5) is 47.3. The normalized spacial score (nSPS) is 17.1. The largest absolute Gasteiger partial charge is 0.444 e. The first-order valence-corrected chi connectivity index (χ1v) is 18.3. The molecule has 2 aromatic rings. The Labute approximate surface area is 261 Å². The number of aromatic nitrogens is 2. The van der Waals surface area contributed by atoms with Crippen LogP contribution in [0, 0.1) is 5.92 Å². The van der Waals surface area contributed by atoms with Gasteiger partial charge in [0.05, 0.1) is 25.6 Å². The van der Waals surface area contributed by atoms with E-state index in [0.29, 0.717) is 18.0 Å². The maximum absolute atomic E-state index is 13.9. The average Bonchev–Trinajstić information content (AvgIpc) is 3.44. The van der Waals surface area contributed by atoms with Crippen molar-refractivity contribution in [1.29, 1.82) is 0 Å². The van der Waals surface area contributed by atoms with Crippen molar-refractivity contribution < 1.29 is 28.8 Å². The Morgan fingerprint density at radius 3 is 2.23 bits per heavy atom. The van der Waals surface area contributed by atoms with Crippen LogP contribution in [0.25, 0.3) is 0 Å². The van der Waals surface area contributed by atoms with Gasteiger partial charge in [-0.1, -0.05) is 62.4 Å². The van der Waals surface area contributed by atoms with Crippen LogP contribution >= 0.6 is 7.14 Å². The Balaban J connectivity index is 1.83. The fraction of sp³-hybridized carbons (Fsp3) is 0.625. The number of imidazole rings is 1. The number of carbonyl (C=O) groups excluding carboxylic acids is 3. The Hall–Kier alpha value is -3.17. The Bertz CT molecular complexity index is 1240. The molecule has 12 heteroatoms. The van der Waals surface area contributed by atoms with Crippen LogP contribution in [0.15, 0.2) is 42.9 Å². The van der Waals surface area contributed by atoms with Gasteiger partial charge >= 0.3 is 6.09 Å². The molecule has 5 N–H and O–H groups in total. The molecule has 1 aliphatic carbocycles. The molecule has 44 heavy (non-hydrogen) atoms. The number of amides is 3. The van der Waals surface area contributed by atoms with E-state index in [4.69, 9.17) is 4.74 Å². The second-order valence-corrected chi connectivity index (χ2v) is 16.9. The molecule has 1 saturated carbocycles. The summed E-state index contributed by atoms with van der Waals surface area (Å²) in [5.41, 5.74) is 0.675. The highest BCUT2D eigenvalue weighted by molar-refractivity contribution is 7.62. The number of hydrogen-bond donors (Lipinski definition) is 5. The van der Waals surface area contributed by atoms with Gasteiger partial charge in [0.25, 0.3) is 0 Å². The highest BCUT2D eigenvalue weighted by Gasteiger charge is 2.33. The number of nitrogens with zero attached hydrogens (tertiary/aromatic N) is 1. The summed E-state index contributed by atoms with van der Waals surface area (Å²) >= 11 is 0. The number of H-pyrrole nitrogens is 1. The van der Waals surface area contributed by atoms with Gasteiger partial charge in [-0.05, 0) is 52.0 Å². The summed E-state index contributed by atoms with van der Waals surface area (Å²) in [6, 6.07) is 6.55. The van der Waals surface area contributed by atoms with Gasteiger partial charge in [-0.25, -0.2) is 9.78 Å². The summed E-state index contributed by atoms with van der Waals surface area (Å²) in [6.07, 6.45) is 7.67. The van der Waals surface area contributed by atoms with Crippen molar-refractivity contribution in [2.24, 2.45) is 5.92 Å². The lowest BCUT2D eigenvalue weighted by Gasteiger charge is -2.32. The third-order valence-electron chi connectivity index (χ3n) is 7.63. The minimum atomic E-state index is -2.58. The van der Waals surface area contributed by atoms with E-state index < -0.39 is 54.9 Å². The zero-order valence-electron chi connectivity index (χ0n) is 26.7. The van der Waals surface area contributed by atoms with E-state index in [2.05, 4.69) is 25.9 Å². The minimum absolute atomic E-state index is 0.0845. The Morgan fingerprint density at radius 1 is 1.00 bits per heavy atom. The van der Waals surface area contributed by atoms with Crippen molar-refractivity contribution in [2.75, 3.05) is 19.5 Å². The lowest BCUT2D eigenvalue weighted by atomic mass is 9.83. The summed E-state index contributed by atoms with van der Waals surface area (Å²) in [6.45, 7) is 8.45. The molecule has 0 aliphatic heterocycles. The number of nitrogens with one attached hydrogen (secondary N) is 4. The number of aliphatic hydroxyl groups excluding tert-OH is 1. The Morgan fingerprint density at radius 2 is 1.64 bits per heavy atom. The van der Waals surface area contributed by atoms with E-state index in [1.807, 2.05) is 30.3 Å². The van der Waals surface area contributed by atoms with Crippen LogP contribution in [0.1, 0.15) is 70.6 Å². The van der Waals surface area contributed by atoms with Gasteiger partial charge in [0.2, 0.25) is 11.8 Å². The lowest BCUT2D eigenvalue weighted by molar-refractivity contribution is -0.130. The highest BCUT2D eigenvalue weighted by Crippen LogP contribution is 2.38. The number of ether oxygens (including phenoxy) is 1. The topological polar surface area (TPSA) is 163 Å². The second-order valence-electron chi connectivity index (χ2n) is 13.4. The summed E-state index contributed by atoms with van der Waals surface area (Å²) in [5.74, 6) is -0.702. The summed E-state index contributed by atoms with van der Waals surface area (Å²) < 4.78 is 18.0. The first-order valence-electron chi connectivity index (χ1n) is 15.5. The molecule has 1 aromatic carbocycles. The molecule has 1 aliphatic rings. The number of aromatic amines is 1. The third kappa shape index (κ3) is 12.8. The molecule has 3 rings (SSSR count). The molecule has 244 valence electrons. The van der Waals surface area contributed by atoms with Crippen molar-refractivity contribution in [3.05, 3.63) is 54.1 Å². The number of benzene rings is 1. The molecule has 0 spiro atoms. The first kappa shape index (κ1) is 35.3. The van der Waals surface area contributed by atoms with Crippen molar-refractivity contribution >= 4 is 25.0 Å². The van der Waals surface area contributed by atoms with Crippen LogP contribution in [0.2, 0.25) is 0 Å². The third-order valence-corrected chi connectivity index (χ3v) is 8.89.